The van der Waals surface area contributed by atoms with E-state index in [4.69, 9.17) is 11.5 Å². The summed E-state index contributed by atoms with van der Waals surface area (Å²) in [5, 5.41) is 0. The molecule has 0 heterocycles. The first kappa shape index (κ1) is 17.4. The average Bonchev–Trinajstić information content (AvgIpc) is 2.96. The van der Waals surface area contributed by atoms with Gasteiger partial charge >= 0.3 is 0 Å². The lowest BCUT2D eigenvalue weighted by molar-refractivity contribution is -0.111. The van der Waals surface area contributed by atoms with Crippen molar-refractivity contribution >= 4 is 29.7 Å². The smallest absolute Gasteiger partial charge is 0.248 e. The van der Waals surface area contributed by atoms with E-state index in [9.17, 15) is 14.4 Å². The van der Waals surface area contributed by atoms with Gasteiger partial charge in [0.05, 0.1) is 0 Å². The molecule has 1 saturated carbocycles. The summed E-state index contributed by atoms with van der Waals surface area (Å²) in [7, 11) is 0. The highest BCUT2D eigenvalue weighted by Gasteiger charge is 2.22. The van der Waals surface area contributed by atoms with Gasteiger partial charge in [0.15, 0.2) is 5.78 Å². The number of Topliss-reactive ketones (excluding diaryl/α,β-unsaturated/α-hetero) is 1. The summed E-state index contributed by atoms with van der Waals surface area (Å²) < 4.78 is 0. The number of ketones is 1. The topological polar surface area (TPSA) is 103 Å². The first-order chi connectivity index (χ1) is 12.4. The monoisotopic (exact) mass is 346 g/mol. The molecule has 5 nitrogen and oxygen atoms in total. The second-order valence-electron chi connectivity index (χ2n) is 6.14. The zero-order valence-corrected chi connectivity index (χ0v) is 14.1. The molecule has 0 radical (unpaired) electrons. The molecular formula is C21H18N2O3. The normalized spacial score (nSPS) is 17.0. The zero-order chi connectivity index (χ0) is 18.7. The van der Waals surface area contributed by atoms with Crippen molar-refractivity contribution in [2.24, 2.45) is 11.5 Å². The summed E-state index contributed by atoms with van der Waals surface area (Å²) in [6.45, 7) is 0. The van der Waals surface area contributed by atoms with Gasteiger partial charge in [-0.1, -0.05) is 24.3 Å². The summed E-state index contributed by atoms with van der Waals surface area (Å²) in [4.78, 5) is 34.8. The summed E-state index contributed by atoms with van der Waals surface area (Å²) in [5.41, 5.74) is 14.5. The number of allylic oxidation sites excluding steroid dienone is 2. The lowest BCUT2D eigenvalue weighted by Gasteiger charge is -2.00. The standard InChI is InChI=1S/C21H18N2O3/c22-20(25)15-5-1-13(2-6-15)11-17-9-10-18(19(17)24)12-14-3-7-16(8-4-14)21(23)26/h1-8,11-12H,9-10H2,(H2,22,25)(H2,23,26). The van der Waals surface area contributed by atoms with Gasteiger partial charge in [0.1, 0.15) is 0 Å². The van der Waals surface area contributed by atoms with Crippen LogP contribution in [0.25, 0.3) is 12.2 Å². The first-order valence-corrected chi connectivity index (χ1v) is 8.19. The highest BCUT2D eigenvalue weighted by molar-refractivity contribution is 6.15. The van der Waals surface area contributed by atoms with E-state index in [2.05, 4.69) is 0 Å². The minimum atomic E-state index is -0.478. The van der Waals surface area contributed by atoms with Crippen LogP contribution in [0, 0.1) is 0 Å². The molecule has 1 aliphatic rings. The van der Waals surface area contributed by atoms with Crippen LogP contribution >= 0.6 is 0 Å². The average molecular weight is 346 g/mol. The Balaban J connectivity index is 1.78. The Labute approximate surface area is 151 Å². The molecule has 0 aliphatic heterocycles. The van der Waals surface area contributed by atoms with E-state index in [-0.39, 0.29) is 5.78 Å². The quantitative estimate of drug-likeness (QED) is 0.832. The van der Waals surface area contributed by atoms with Gasteiger partial charge < -0.3 is 11.5 Å². The van der Waals surface area contributed by atoms with Gasteiger partial charge in [-0.3, -0.25) is 14.4 Å². The van der Waals surface area contributed by atoms with Crippen LogP contribution in [0.2, 0.25) is 0 Å². The minimum Gasteiger partial charge on any atom is -0.366 e. The summed E-state index contributed by atoms with van der Waals surface area (Å²) in [6, 6.07) is 13.7. The first-order valence-electron chi connectivity index (χ1n) is 8.19. The molecule has 2 aromatic carbocycles. The highest BCUT2D eigenvalue weighted by atomic mass is 16.1. The molecule has 1 fully saturated rings. The Hall–Kier alpha value is -3.47. The third-order valence-corrected chi connectivity index (χ3v) is 4.32. The van der Waals surface area contributed by atoms with Crippen LogP contribution in [0.4, 0.5) is 0 Å². The van der Waals surface area contributed by atoms with Crippen molar-refractivity contribution in [3.05, 3.63) is 81.9 Å². The highest BCUT2D eigenvalue weighted by Crippen LogP contribution is 2.29. The molecule has 1 aliphatic carbocycles. The van der Waals surface area contributed by atoms with Gasteiger partial charge in [-0.05, 0) is 60.4 Å². The van der Waals surface area contributed by atoms with Crippen molar-refractivity contribution in [3.8, 4) is 0 Å². The number of benzene rings is 2. The fourth-order valence-corrected chi connectivity index (χ4v) is 2.87. The van der Waals surface area contributed by atoms with Crippen molar-refractivity contribution < 1.29 is 14.4 Å². The lowest BCUT2D eigenvalue weighted by Crippen LogP contribution is -2.10. The zero-order valence-electron chi connectivity index (χ0n) is 14.1. The number of hydrogen-bond acceptors (Lipinski definition) is 3. The third-order valence-electron chi connectivity index (χ3n) is 4.32. The predicted molar refractivity (Wildman–Crippen MR) is 100 cm³/mol. The van der Waals surface area contributed by atoms with Crippen LogP contribution in [0.1, 0.15) is 44.7 Å². The van der Waals surface area contributed by atoms with Crippen molar-refractivity contribution in [1.29, 1.82) is 0 Å². The van der Waals surface area contributed by atoms with Crippen LogP contribution in [-0.4, -0.2) is 17.6 Å². The summed E-state index contributed by atoms with van der Waals surface area (Å²) in [5.74, 6) is -0.939. The van der Waals surface area contributed by atoms with Crippen LogP contribution in [0.5, 0.6) is 0 Å². The third kappa shape index (κ3) is 3.78. The number of rotatable bonds is 4. The number of carbonyl (C=O) groups is 3. The van der Waals surface area contributed by atoms with Gasteiger partial charge in [-0.15, -0.1) is 0 Å². The number of amides is 2. The van der Waals surface area contributed by atoms with Crippen LogP contribution in [0.3, 0.4) is 0 Å². The van der Waals surface area contributed by atoms with Crippen molar-refractivity contribution in [1.82, 2.24) is 0 Å². The van der Waals surface area contributed by atoms with Gasteiger partial charge in [-0.25, -0.2) is 0 Å². The maximum Gasteiger partial charge on any atom is 0.248 e. The molecule has 0 unspecified atom stereocenters. The molecule has 0 spiro atoms. The Bertz CT molecular complexity index is 859. The van der Waals surface area contributed by atoms with E-state index in [0.29, 0.717) is 24.0 Å². The number of primary amides is 2. The van der Waals surface area contributed by atoms with Crippen LogP contribution in [0.15, 0.2) is 59.7 Å². The number of nitrogens with two attached hydrogens (primary N) is 2. The molecule has 2 amide bonds. The summed E-state index contributed by atoms with van der Waals surface area (Å²) >= 11 is 0. The second kappa shape index (κ2) is 7.19. The van der Waals surface area contributed by atoms with E-state index in [1.54, 1.807) is 48.5 Å². The molecule has 4 N–H and O–H groups in total. The van der Waals surface area contributed by atoms with Gasteiger partial charge in [0.25, 0.3) is 0 Å². The molecule has 0 saturated heterocycles. The van der Waals surface area contributed by atoms with Gasteiger partial charge in [0, 0.05) is 22.3 Å². The van der Waals surface area contributed by atoms with Crippen molar-refractivity contribution in [2.45, 2.75) is 12.8 Å². The van der Waals surface area contributed by atoms with Crippen molar-refractivity contribution in [3.63, 3.8) is 0 Å². The molecule has 0 bridgehead atoms. The molecule has 2 aromatic rings. The molecule has 130 valence electrons. The fourth-order valence-electron chi connectivity index (χ4n) is 2.87. The Kier molecular flexibility index (Phi) is 4.80. The molecule has 0 aromatic heterocycles. The Morgan fingerprint density at radius 2 is 1.04 bits per heavy atom. The van der Waals surface area contributed by atoms with Crippen LogP contribution < -0.4 is 11.5 Å². The lowest BCUT2D eigenvalue weighted by atomic mass is 10.0. The largest absolute Gasteiger partial charge is 0.366 e. The predicted octanol–water partition coefficient (Wildman–Crippen LogP) is 2.71. The van der Waals surface area contributed by atoms with Gasteiger partial charge in [0.2, 0.25) is 11.8 Å². The van der Waals surface area contributed by atoms with Crippen molar-refractivity contribution in [2.75, 3.05) is 0 Å². The van der Waals surface area contributed by atoms with E-state index in [1.807, 2.05) is 12.2 Å². The second-order valence-corrected chi connectivity index (χ2v) is 6.14. The fraction of sp³-hybridized carbons (Fsp3) is 0.0952. The maximum atomic E-state index is 12.6. The molecular weight excluding hydrogens is 328 g/mol. The van der Waals surface area contributed by atoms with Gasteiger partial charge in [-0.2, -0.15) is 0 Å². The minimum absolute atomic E-state index is 0.0166. The molecule has 5 heteroatoms. The SMILES string of the molecule is NC(=O)c1ccc(C=C2CCC(=Cc3ccc(C(N)=O)cc3)C2=O)cc1. The molecule has 3 rings (SSSR count). The Morgan fingerprint density at radius 3 is 1.35 bits per heavy atom. The molecule has 26 heavy (non-hydrogen) atoms. The number of hydrogen-bond donors (Lipinski definition) is 2. The molecule has 0 atom stereocenters. The van der Waals surface area contributed by atoms with E-state index in [0.717, 1.165) is 22.3 Å². The summed E-state index contributed by atoms with van der Waals surface area (Å²) in [6.07, 6.45) is 5.01. The Morgan fingerprint density at radius 1 is 0.692 bits per heavy atom. The van der Waals surface area contributed by atoms with E-state index >= 15 is 0 Å². The number of carbonyl (C=O) groups excluding carboxylic acids is 3. The van der Waals surface area contributed by atoms with E-state index in [1.165, 1.54) is 0 Å². The van der Waals surface area contributed by atoms with E-state index < -0.39 is 11.8 Å². The maximum absolute atomic E-state index is 12.6. The van der Waals surface area contributed by atoms with Crippen LogP contribution in [-0.2, 0) is 4.79 Å².